The predicted molar refractivity (Wildman–Crippen MR) is 126 cm³/mol. The first-order valence-electron chi connectivity index (χ1n) is 11.9. The molecule has 1 saturated heterocycles. The molecule has 2 aliphatic rings. The Kier molecular flexibility index (Phi) is 7.57. The number of rotatable bonds is 9. The minimum absolute atomic E-state index is 0.0298. The normalized spacial score (nSPS) is 19.6. The largest absolute Gasteiger partial charge is 0.353 e. The Labute approximate surface area is 199 Å². The number of halogens is 1. The predicted octanol–water partition coefficient (Wildman–Crippen LogP) is 1.97. The number of nitrogens with two attached hydrogens (primary N) is 1. The molecule has 7 nitrogen and oxygen atoms in total. The summed E-state index contributed by atoms with van der Waals surface area (Å²) in [5.74, 6) is -0.946. The lowest BCUT2D eigenvalue weighted by molar-refractivity contribution is -0.135. The van der Waals surface area contributed by atoms with Crippen LogP contribution in [0.3, 0.4) is 0 Å². The highest BCUT2D eigenvalue weighted by atomic mass is 19.1. The first-order chi connectivity index (χ1) is 16.5. The maximum absolute atomic E-state index is 13.4. The van der Waals surface area contributed by atoms with Crippen molar-refractivity contribution in [2.45, 2.75) is 37.8 Å². The van der Waals surface area contributed by atoms with Crippen molar-refractivity contribution >= 4 is 17.7 Å². The molecule has 0 radical (unpaired) electrons. The lowest BCUT2D eigenvalue weighted by atomic mass is 10.1. The van der Waals surface area contributed by atoms with E-state index in [-0.39, 0.29) is 42.8 Å². The minimum atomic E-state index is -0.722. The molecule has 0 aromatic heterocycles. The fraction of sp³-hybridized carbons (Fsp3) is 0.423. The topological polar surface area (TPSA) is 95.7 Å². The Morgan fingerprint density at radius 2 is 1.76 bits per heavy atom. The minimum Gasteiger partial charge on any atom is -0.353 e. The highest BCUT2D eigenvalue weighted by Crippen LogP contribution is 2.34. The number of nitrogens with one attached hydrogen (secondary N) is 1. The summed E-state index contributed by atoms with van der Waals surface area (Å²) in [6.45, 7) is 1.37. The molecule has 2 aromatic carbocycles. The van der Waals surface area contributed by atoms with Crippen LogP contribution in [0.2, 0.25) is 0 Å². The zero-order chi connectivity index (χ0) is 24.1. The van der Waals surface area contributed by atoms with Crippen LogP contribution in [0.1, 0.15) is 35.2 Å². The van der Waals surface area contributed by atoms with Crippen molar-refractivity contribution in [1.29, 1.82) is 0 Å². The van der Waals surface area contributed by atoms with Crippen molar-refractivity contribution in [3.63, 3.8) is 0 Å². The summed E-state index contributed by atoms with van der Waals surface area (Å²) in [7, 11) is 0. The molecule has 2 aromatic rings. The van der Waals surface area contributed by atoms with Crippen LogP contribution < -0.4 is 11.1 Å². The molecule has 1 aliphatic heterocycles. The Morgan fingerprint density at radius 1 is 1.06 bits per heavy atom. The van der Waals surface area contributed by atoms with Gasteiger partial charge in [0.05, 0.1) is 6.04 Å². The van der Waals surface area contributed by atoms with E-state index in [1.54, 1.807) is 0 Å². The van der Waals surface area contributed by atoms with E-state index in [1.807, 2.05) is 35.2 Å². The van der Waals surface area contributed by atoms with Crippen LogP contribution in [0, 0.1) is 11.7 Å². The fourth-order valence-electron chi connectivity index (χ4n) is 4.52. The average Bonchev–Trinajstić information content (AvgIpc) is 3.62. The van der Waals surface area contributed by atoms with Crippen LogP contribution in [0.25, 0.3) is 0 Å². The van der Waals surface area contributed by atoms with Gasteiger partial charge in [-0.2, -0.15) is 0 Å². The van der Waals surface area contributed by atoms with E-state index in [0.717, 1.165) is 18.4 Å². The van der Waals surface area contributed by atoms with Gasteiger partial charge in [0.15, 0.2) is 0 Å². The SMILES string of the molecule is NCCNC(=O)C1CC(N(CCc2ccccc2)C(=O)C2CC2)CN1C(=O)c1ccc(F)cc1. The van der Waals surface area contributed by atoms with E-state index in [0.29, 0.717) is 31.5 Å². The van der Waals surface area contributed by atoms with E-state index < -0.39 is 11.9 Å². The molecule has 1 aliphatic carbocycles. The van der Waals surface area contributed by atoms with Crippen LogP contribution in [0.15, 0.2) is 54.6 Å². The van der Waals surface area contributed by atoms with Crippen LogP contribution in [0.5, 0.6) is 0 Å². The van der Waals surface area contributed by atoms with Gasteiger partial charge in [0, 0.05) is 37.7 Å². The van der Waals surface area contributed by atoms with Crippen LogP contribution in [-0.4, -0.2) is 65.8 Å². The lowest BCUT2D eigenvalue weighted by Gasteiger charge is -2.29. The van der Waals surface area contributed by atoms with Gasteiger partial charge in [-0.15, -0.1) is 0 Å². The van der Waals surface area contributed by atoms with Crippen molar-refractivity contribution in [2.24, 2.45) is 11.7 Å². The highest BCUT2D eigenvalue weighted by Gasteiger charge is 2.45. The lowest BCUT2D eigenvalue weighted by Crippen LogP contribution is -2.47. The standard InChI is InChI=1S/C26H31FN4O3/c27-21-10-8-20(9-11-21)26(34)31-17-22(16-23(31)24(32)29-14-13-28)30(25(33)19-6-7-19)15-12-18-4-2-1-3-5-18/h1-5,8-11,19,22-23H,6-7,12-17,28H2,(H,29,32). The third-order valence-corrected chi connectivity index (χ3v) is 6.51. The van der Waals surface area contributed by atoms with E-state index >= 15 is 0 Å². The molecular weight excluding hydrogens is 435 g/mol. The second kappa shape index (κ2) is 10.8. The summed E-state index contributed by atoms with van der Waals surface area (Å²) < 4.78 is 13.4. The maximum atomic E-state index is 13.4. The number of hydrogen-bond acceptors (Lipinski definition) is 4. The van der Waals surface area contributed by atoms with Gasteiger partial charge in [-0.05, 0) is 55.5 Å². The first-order valence-corrected chi connectivity index (χ1v) is 11.9. The molecule has 8 heteroatoms. The number of hydrogen-bond donors (Lipinski definition) is 2. The van der Waals surface area contributed by atoms with Gasteiger partial charge in [-0.1, -0.05) is 30.3 Å². The molecule has 180 valence electrons. The van der Waals surface area contributed by atoms with Gasteiger partial charge in [0.2, 0.25) is 11.8 Å². The fourth-order valence-corrected chi connectivity index (χ4v) is 4.52. The Hall–Kier alpha value is -3.26. The molecule has 0 spiro atoms. The summed E-state index contributed by atoms with van der Waals surface area (Å²) in [5.41, 5.74) is 6.98. The van der Waals surface area contributed by atoms with E-state index in [9.17, 15) is 18.8 Å². The monoisotopic (exact) mass is 466 g/mol. The summed E-state index contributed by atoms with van der Waals surface area (Å²) >= 11 is 0. The Balaban J connectivity index is 1.55. The number of carbonyl (C=O) groups excluding carboxylic acids is 3. The molecule has 2 fully saturated rings. The van der Waals surface area contributed by atoms with Crippen molar-refractivity contribution in [1.82, 2.24) is 15.1 Å². The zero-order valence-corrected chi connectivity index (χ0v) is 19.2. The zero-order valence-electron chi connectivity index (χ0n) is 19.2. The van der Waals surface area contributed by atoms with Crippen LogP contribution in [-0.2, 0) is 16.0 Å². The molecule has 34 heavy (non-hydrogen) atoms. The number of amides is 3. The van der Waals surface area contributed by atoms with E-state index in [1.165, 1.54) is 29.2 Å². The van der Waals surface area contributed by atoms with Gasteiger partial charge in [-0.25, -0.2) is 4.39 Å². The second-order valence-electron chi connectivity index (χ2n) is 8.99. The average molecular weight is 467 g/mol. The molecule has 4 rings (SSSR count). The molecule has 0 bridgehead atoms. The first kappa shape index (κ1) is 23.9. The summed E-state index contributed by atoms with van der Waals surface area (Å²) in [4.78, 5) is 42.8. The molecule has 3 amide bonds. The summed E-state index contributed by atoms with van der Waals surface area (Å²) in [6.07, 6.45) is 2.82. The van der Waals surface area contributed by atoms with Gasteiger partial charge in [0.1, 0.15) is 11.9 Å². The number of nitrogens with zero attached hydrogens (tertiary/aromatic N) is 2. The van der Waals surface area contributed by atoms with Crippen molar-refractivity contribution in [3.8, 4) is 0 Å². The molecular formula is C26H31FN4O3. The van der Waals surface area contributed by atoms with Gasteiger partial charge >= 0.3 is 0 Å². The highest BCUT2D eigenvalue weighted by molar-refractivity contribution is 5.98. The third-order valence-electron chi connectivity index (χ3n) is 6.51. The van der Waals surface area contributed by atoms with Crippen molar-refractivity contribution in [2.75, 3.05) is 26.2 Å². The summed E-state index contributed by atoms with van der Waals surface area (Å²) in [6, 6.07) is 14.3. The molecule has 1 heterocycles. The van der Waals surface area contributed by atoms with Crippen LogP contribution in [0.4, 0.5) is 4.39 Å². The Bertz CT molecular complexity index is 1010. The molecule has 3 N–H and O–H groups in total. The Morgan fingerprint density at radius 3 is 2.41 bits per heavy atom. The molecule has 1 saturated carbocycles. The number of carbonyl (C=O) groups is 3. The van der Waals surface area contributed by atoms with Crippen molar-refractivity contribution in [3.05, 3.63) is 71.5 Å². The van der Waals surface area contributed by atoms with Gasteiger partial charge < -0.3 is 20.9 Å². The molecule has 2 unspecified atom stereocenters. The van der Waals surface area contributed by atoms with Crippen LogP contribution >= 0.6 is 0 Å². The quantitative estimate of drug-likeness (QED) is 0.591. The van der Waals surface area contributed by atoms with Crippen molar-refractivity contribution < 1.29 is 18.8 Å². The van der Waals surface area contributed by atoms with E-state index in [2.05, 4.69) is 5.32 Å². The van der Waals surface area contributed by atoms with Gasteiger partial charge in [0.25, 0.3) is 5.91 Å². The smallest absolute Gasteiger partial charge is 0.254 e. The molecule has 2 atom stereocenters. The third kappa shape index (κ3) is 5.62. The number of likely N-dealkylation sites (tertiary alicyclic amines) is 1. The van der Waals surface area contributed by atoms with Gasteiger partial charge in [-0.3, -0.25) is 14.4 Å². The summed E-state index contributed by atoms with van der Waals surface area (Å²) in [5, 5.41) is 2.78. The number of benzene rings is 2. The second-order valence-corrected chi connectivity index (χ2v) is 8.99. The van der Waals surface area contributed by atoms with E-state index in [4.69, 9.17) is 5.73 Å². The maximum Gasteiger partial charge on any atom is 0.254 e.